The number of aromatic hydroxyl groups is 1. The van der Waals surface area contributed by atoms with Gasteiger partial charge in [0.1, 0.15) is 5.75 Å². The van der Waals surface area contributed by atoms with Crippen molar-refractivity contribution in [3.63, 3.8) is 0 Å². The third kappa shape index (κ3) is 2.69. The molecule has 0 radical (unpaired) electrons. The molecule has 26 heavy (non-hydrogen) atoms. The lowest BCUT2D eigenvalue weighted by atomic mass is 10.2. The molecule has 0 amide bonds. The summed E-state index contributed by atoms with van der Waals surface area (Å²) in [5, 5.41) is 22.5. The maximum absolute atomic E-state index is 12.3. The van der Waals surface area contributed by atoms with Crippen molar-refractivity contribution in [2.75, 3.05) is 0 Å². The van der Waals surface area contributed by atoms with Gasteiger partial charge in [-0.05, 0) is 17.7 Å². The Morgan fingerprint density at radius 2 is 2.15 bits per heavy atom. The summed E-state index contributed by atoms with van der Waals surface area (Å²) in [4.78, 5) is 34.2. The lowest BCUT2D eigenvalue weighted by molar-refractivity contribution is 0.0697. The molecule has 0 saturated heterocycles. The van der Waals surface area contributed by atoms with Crippen molar-refractivity contribution in [2.45, 2.75) is 6.54 Å². The number of phenols is 1. The average molecular weight is 352 g/mol. The maximum Gasteiger partial charge on any atom is 0.338 e. The molecule has 0 unspecified atom stereocenters. The van der Waals surface area contributed by atoms with Gasteiger partial charge in [0.25, 0.3) is 5.56 Å². The molecular weight excluding hydrogens is 340 g/mol. The minimum absolute atomic E-state index is 0.0268. The van der Waals surface area contributed by atoms with Crippen LogP contribution in [0.25, 0.3) is 17.1 Å². The summed E-state index contributed by atoms with van der Waals surface area (Å²) < 4.78 is 2.83. The molecule has 0 bridgehead atoms. The average Bonchev–Trinajstić information content (AvgIpc) is 3.23. The number of phenolic OH excluding ortho intramolecular Hbond substituents is 1. The van der Waals surface area contributed by atoms with Crippen LogP contribution in [0.4, 0.5) is 0 Å². The quantitative estimate of drug-likeness (QED) is 0.492. The molecule has 3 heterocycles. The summed E-state index contributed by atoms with van der Waals surface area (Å²) in [7, 11) is 0. The molecule has 4 aromatic rings. The van der Waals surface area contributed by atoms with Gasteiger partial charge in [0, 0.05) is 6.20 Å². The number of H-pyrrole nitrogens is 1. The first-order chi connectivity index (χ1) is 12.5. The third-order valence-electron chi connectivity index (χ3n) is 3.77. The fourth-order valence-electron chi connectivity index (χ4n) is 2.57. The van der Waals surface area contributed by atoms with Gasteiger partial charge in [0.2, 0.25) is 5.95 Å². The van der Waals surface area contributed by atoms with Crippen LogP contribution >= 0.6 is 0 Å². The Labute approximate surface area is 145 Å². The van der Waals surface area contributed by atoms with Crippen molar-refractivity contribution in [1.29, 1.82) is 0 Å². The maximum atomic E-state index is 12.3. The van der Waals surface area contributed by atoms with Crippen molar-refractivity contribution in [3.8, 4) is 11.7 Å². The summed E-state index contributed by atoms with van der Waals surface area (Å²) >= 11 is 0. The number of aromatic nitrogens is 6. The molecule has 0 aliphatic carbocycles. The highest BCUT2D eigenvalue weighted by molar-refractivity contribution is 5.86. The highest BCUT2D eigenvalue weighted by Crippen LogP contribution is 2.15. The number of nitrogens with zero attached hydrogens (tertiary/aromatic N) is 5. The van der Waals surface area contributed by atoms with Crippen LogP contribution in [0.1, 0.15) is 15.9 Å². The molecule has 0 fully saturated rings. The van der Waals surface area contributed by atoms with Crippen molar-refractivity contribution in [1.82, 2.24) is 29.3 Å². The van der Waals surface area contributed by atoms with E-state index in [9.17, 15) is 14.7 Å². The van der Waals surface area contributed by atoms with Crippen LogP contribution in [0.15, 0.2) is 47.8 Å². The first kappa shape index (κ1) is 15.6. The number of aromatic carboxylic acids is 1. The van der Waals surface area contributed by atoms with E-state index in [-0.39, 0.29) is 22.8 Å². The molecule has 1 aromatic carbocycles. The Kier molecular flexibility index (Phi) is 3.50. The van der Waals surface area contributed by atoms with Gasteiger partial charge >= 0.3 is 5.97 Å². The van der Waals surface area contributed by atoms with E-state index in [1.807, 2.05) is 6.07 Å². The first-order valence-corrected chi connectivity index (χ1v) is 7.52. The SMILES string of the molecule is O=C(O)c1cnn(-c2nc3c(ncn3Cc3cccc(O)c3)c(=O)[nH]2)c1. The van der Waals surface area contributed by atoms with Crippen LogP contribution in [-0.2, 0) is 6.54 Å². The van der Waals surface area contributed by atoms with Gasteiger partial charge in [0.15, 0.2) is 11.2 Å². The van der Waals surface area contributed by atoms with E-state index in [1.54, 1.807) is 22.8 Å². The molecule has 10 nitrogen and oxygen atoms in total. The van der Waals surface area contributed by atoms with Crippen LogP contribution < -0.4 is 5.56 Å². The van der Waals surface area contributed by atoms with Gasteiger partial charge in [0.05, 0.1) is 24.6 Å². The number of carboxylic acids is 1. The minimum atomic E-state index is -1.13. The number of aromatic amines is 1. The zero-order valence-corrected chi connectivity index (χ0v) is 13.2. The molecule has 0 aliphatic rings. The molecule has 0 saturated carbocycles. The zero-order valence-electron chi connectivity index (χ0n) is 13.2. The van der Waals surface area contributed by atoms with Crippen molar-refractivity contribution in [2.24, 2.45) is 0 Å². The molecule has 10 heteroatoms. The van der Waals surface area contributed by atoms with E-state index >= 15 is 0 Å². The predicted octanol–water partition coefficient (Wildman–Crippen LogP) is 0.757. The van der Waals surface area contributed by atoms with Gasteiger partial charge in [-0.15, -0.1) is 0 Å². The van der Waals surface area contributed by atoms with E-state index in [2.05, 4.69) is 20.1 Å². The molecule has 0 aliphatic heterocycles. The van der Waals surface area contributed by atoms with E-state index < -0.39 is 11.5 Å². The number of hydrogen-bond donors (Lipinski definition) is 3. The van der Waals surface area contributed by atoms with Crippen LogP contribution in [0, 0.1) is 0 Å². The number of hydrogen-bond acceptors (Lipinski definition) is 6. The molecule has 3 N–H and O–H groups in total. The van der Waals surface area contributed by atoms with Crippen LogP contribution in [0.5, 0.6) is 5.75 Å². The fraction of sp³-hybridized carbons (Fsp3) is 0.0625. The normalized spacial score (nSPS) is 11.1. The number of nitrogens with one attached hydrogen (secondary N) is 1. The van der Waals surface area contributed by atoms with E-state index in [4.69, 9.17) is 5.11 Å². The lowest BCUT2D eigenvalue weighted by Crippen LogP contribution is -2.15. The largest absolute Gasteiger partial charge is 0.508 e. The highest BCUT2D eigenvalue weighted by atomic mass is 16.4. The third-order valence-corrected chi connectivity index (χ3v) is 3.77. The molecule has 0 spiro atoms. The predicted molar refractivity (Wildman–Crippen MR) is 89.4 cm³/mol. The number of fused-ring (bicyclic) bond motifs is 1. The topological polar surface area (TPSA) is 139 Å². The van der Waals surface area contributed by atoms with Gasteiger partial charge < -0.3 is 14.8 Å². The number of carbonyl (C=O) groups is 1. The summed E-state index contributed by atoms with van der Waals surface area (Å²) in [6.07, 6.45) is 3.89. The summed E-state index contributed by atoms with van der Waals surface area (Å²) in [6.45, 7) is 0.347. The van der Waals surface area contributed by atoms with Crippen LogP contribution in [-0.4, -0.2) is 45.5 Å². The van der Waals surface area contributed by atoms with Crippen LogP contribution in [0.3, 0.4) is 0 Å². The Hall–Kier alpha value is -3.95. The second-order valence-electron chi connectivity index (χ2n) is 5.58. The lowest BCUT2D eigenvalue weighted by Gasteiger charge is -2.05. The van der Waals surface area contributed by atoms with Crippen molar-refractivity contribution in [3.05, 3.63) is 64.5 Å². The van der Waals surface area contributed by atoms with Gasteiger partial charge in [-0.1, -0.05) is 12.1 Å². The standard InChI is InChI=1S/C16H12N6O4/c23-11-3-1-2-9(4-11)6-21-8-17-12-13(21)19-16(20-14(12)24)22-7-10(5-18-22)15(25)26/h1-5,7-8,23H,6H2,(H,25,26)(H,19,20,24). The smallest absolute Gasteiger partial charge is 0.338 e. The Morgan fingerprint density at radius 1 is 1.31 bits per heavy atom. The van der Waals surface area contributed by atoms with E-state index in [0.29, 0.717) is 12.2 Å². The second kappa shape index (κ2) is 5.84. The fourth-order valence-corrected chi connectivity index (χ4v) is 2.57. The van der Waals surface area contributed by atoms with E-state index in [1.165, 1.54) is 17.2 Å². The Balaban J connectivity index is 1.80. The molecule has 4 rings (SSSR count). The monoisotopic (exact) mass is 352 g/mol. The summed E-state index contributed by atoms with van der Waals surface area (Å²) in [5.41, 5.74) is 0.784. The second-order valence-corrected chi connectivity index (χ2v) is 5.58. The van der Waals surface area contributed by atoms with Crippen molar-refractivity contribution < 1.29 is 15.0 Å². The summed E-state index contributed by atoms with van der Waals surface area (Å²) in [6, 6.07) is 6.71. The molecular formula is C16H12N6O4. The van der Waals surface area contributed by atoms with Gasteiger partial charge in [-0.2, -0.15) is 10.1 Å². The van der Waals surface area contributed by atoms with Gasteiger partial charge in [-0.3, -0.25) is 9.78 Å². The zero-order chi connectivity index (χ0) is 18.3. The number of imidazole rings is 1. The number of rotatable bonds is 4. The Bertz CT molecular complexity index is 1190. The Morgan fingerprint density at radius 3 is 2.88 bits per heavy atom. The van der Waals surface area contributed by atoms with Gasteiger partial charge in [-0.25, -0.2) is 14.5 Å². The molecule has 3 aromatic heterocycles. The van der Waals surface area contributed by atoms with Crippen molar-refractivity contribution >= 4 is 17.1 Å². The highest BCUT2D eigenvalue weighted by Gasteiger charge is 2.14. The minimum Gasteiger partial charge on any atom is -0.508 e. The van der Waals surface area contributed by atoms with Crippen LogP contribution in [0.2, 0.25) is 0 Å². The molecule has 0 atom stereocenters. The molecule has 130 valence electrons. The first-order valence-electron chi connectivity index (χ1n) is 7.52. The number of benzene rings is 1. The van der Waals surface area contributed by atoms with E-state index in [0.717, 1.165) is 11.8 Å². The summed E-state index contributed by atoms with van der Waals surface area (Å²) in [5.74, 6) is -0.919. The number of carboxylic acid groups (broad SMARTS) is 1.